The lowest BCUT2D eigenvalue weighted by atomic mass is 10.1. The highest BCUT2D eigenvalue weighted by Crippen LogP contribution is 2.29. The Kier molecular flexibility index (Phi) is 3.18. The molecule has 0 fully saturated rings. The Labute approximate surface area is 125 Å². The van der Waals surface area contributed by atoms with Gasteiger partial charge in [0.15, 0.2) is 0 Å². The van der Waals surface area contributed by atoms with Gasteiger partial charge in [-0.05, 0) is 49.2 Å². The van der Waals surface area contributed by atoms with E-state index in [-0.39, 0.29) is 5.91 Å². The van der Waals surface area contributed by atoms with E-state index in [4.69, 9.17) is 0 Å². The van der Waals surface area contributed by atoms with Crippen molar-refractivity contribution >= 4 is 38.9 Å². The number of nitrogens with zero attached hydrogens (tertiary/aromatic N) is 1. The summed E-state index contributed by atoms with van der Waals surface area (Å²) in [6, 6.07) is 11.7. The van der Waals surface area contributed by atoms with Crippen LogP contribution in [0.3, 0.4) is 0 Å². The van der Waals surface area contributed by atoms with Crippen LogP contribution in [-0.2, 0) is 4.79 Å². The van der Waals surface area contributed by atoms with Crippen LogP contribution in [0.5, 0.6) is 0 Å². The van der Waals surface area contributed by atoms with Gasteiger partial charge >= 0.3 is 0 Å². The van der Waals surface area contributed by atoms with Gasteiger partial charge in [-0.25, -0.2) is 4.99 Å². The van der Waals surface area contributed by atoms with Gasteiger partial charge in [0.1, 0.15) is 5.71 Å². The molecule has 20 heavy (non-hydrogen) atoms. The minimum atomic E-state index is -0.154. The first-order valence-electron chi connectivity index (χ1n) is 6.32. The molecule has 1 N–H and O–H groups in total. The number of hydrogen-bond acceptors (Lipinski definition) is 2. The summed E-state index contributed by atoms with van der Waals surface area (Å²) in [6.07, 6.45) is 0. The quantitative estimate of drug-likeness (QED) is 0.839. The van der Waals surface area contributed by atoms with Crippen LogP contribution in [0.4, 0.5) is 11.4 Å². The first-order valence-corrected chi connectivity index (χ1v) is 7.11. The van der Waals surface area contributed by atoms with E-state index in [2.05, 4.69) is 26.2 Å². The van der Waals surface area contributed by atoms with Crippen molar-refractivity contribution in [1.82, 2.24) is 0 Å². The zero-order valence-electron chi connectivity index (χ0n) is 11.2. The Bertz CT molecular complexity index is 750. The molecule has 1 aliphatic heterocycles. The minimum absolute atomic E-state index is 0.154. The number of fused-ring (bicyclic) bond motifs is 1. The third kappa shape index (κ3) is 2.27. The Balaban J connectivity index is 2.15. The molecule has 3 rings (SSSR count). The fraction of sp³-hybridized carbons (Fsp3) is 0.125. The Morgan fingerprint density at radius 3 is 2.70 bits per heavy atom. The summed E-state index contributed by atoms with van der Waals surface area (Å²) < 4.78 is 0.932. The van der Waals surface area contributed by atoms with Crippen molar-refractivity contribution in [3.8, 4) is 0 Å². The van der Waals surface area contributed by atoms with Crippen LogP contribution >= 0.6 is 15.9 Å². The second kappa shape index (κ2) is 4.87. The summed E-state index contributed by atoms with van der Waals surface area (Å²) in [7, 11) is 0. The van der Waals surface area contributed by atoms with Gasteiger partial charge in [-0.1, -0.05) is 28.1 Å². The number of hydrogen-bond donors (Lipinski definition) is 1. The van der Waals surface area contributed by atoms with Gasteiger partial charge in [-0.2, -0.15) is 0 Å². The molecule has 0 aliphatic carbocycles. The van der Waals surface area contributed by atoms with Gasteiger partial charge < -0.3 is 5.32 Å². The van der Waals surface area contributed by atoms with E-state index in [9.17, 15) is 4.79 Å². The van der Waals surface area contributed by atoms with Crippen molar-refractivity contribution < 1.29 is 4.79 Å². The first kappa shape index (κ1) is 13.1. The van der Waals surface area contributed by atoms with E-state index in [1.807, 2.05) is 50.2 Å². The number of aliphatic imine (C=N–C) groups is 1. The maximum atomic E-state index is 12.1. The van der Waals surface area contributed by atoms with Gasteiger partial charge in [0.05, 0.1) is 11.4 Å². The van der Waals surface area contributed by atoms with E-state index < -0.39 is 0 Å². The number of aryl methyl sites for hydroxylation is 2. The molecule has 0 bridgehead atoms. The van der Waals surface area contributed by atoms with Crippen molar-refractivity contribution in [2.75, 3.05) is 5.32 Å². The van der Waals surface area contributed by atoms with Crippen molar-refractivity contribution in [2.24, 2.45) is 4.99 Å². The predicted molar refractivity (Wildman–Crippen MR) is 84.9 cm³/mol. The largest absolute Gasteiger partial charge is 0.320 e. The molecule has 0 radical (unpaired) electrons. The summed E-state index contributed by atoms with van der Waals surface area (Å²) in [5.74, 6) is -0.154. The lowest BCUT2D eigenvalue weighted by Gasteiger charge is -2.03. The highest BCUT2D eigenvalue weighted by Gasteiger charge is 2.26. The Morgan fingerprint density at radius 1 is 1.10 bits per heavy atom. The standard InChI is InChI=1S/C16H13BrN2O/c1-9-3-4-10(2)14(7-9)18-15-12-8-11(17)5-6-13(12)19-16(15)20/h3-8H,1-2H3,(H,18,19,20). The number of halogens is 1. The van der Waals surface area contributed by atoms with E-state index in [0.29, 0.717) is 5.71 Å². The van der Waals surface area contributed by atoms with Crippen molar-refractivity contribution in [3.05, 3.63) is 57.6 Å². The van der Waals surface area contributed by atoms with Crippen molar-refractivity contribution in [2.45, 2.75) is 13.8 Å². The van der Waals surface area contributed by atoms with E-state index in [1.165, 1.54) is 0 Å². The molecule has 2 aromatic rings. The summed E-state index contributed by atoms with van der Waals surface area (Å²) in [4.78, 5) is 16.7. The molecule has 2 aromatic carbocycles. The lowest BCUT2D eigenvalue weighted by molar-refractivity contribution is -0.110. The van der Waals surface area contributed by atoms with Crippen LogP contribution < -0.4 is 5.32 Å². The topological polar surface area (TPSA) is 41.5 Å². The molecule has 1 amide bonds. The number of carbonyl (C=O) groups is 1. The molecule has 100 valence electrons. The fourth-order valence-corrected chi connectivity index (χ4v) is 2.56. The van der Waals surface area contributed by atoms with Crippen LogP contribution in [-0.4, -0.2) is 11.6 Å². The molecule has 1 heterocycles. The summed E-state index contributed by atoms with van der Waals surface area (Å²) in [5.41, 5.74) is 5.13. The maximum absolute atomic E-state index is 12.1. The second-order valence-corrected chi connectivity index (χ2v) is 5.81. The molecule has 4 heteroatoms. The monoisotopic (exact) mass is 328 g/mol. The van der Waals surface area contributed by atoms with Crippen LogP contribution in [0.25, 0.3) is 0 Å². The molecule has 0 unspecified atom stereocenters. The van der Waals surface area contributed by atoms with Gasteiger partial charge in [0, 0.05) is 10.0 Å². The van der Waals surface area contributed by atoms with Gasteiger partial charge in [-0.3, -0.25) is 4.79 Å². The molecule has 3 nitrogen and oxygen atoms in total. The number of carbonyl (C=O) groups excluding carboxylic acids is 1. The van der Waals surface area contributed by atoms with Crippen LogP contribution in [0.15, 0.2) is 45.9 Å². The molecule has 0 saturated carbocycles. The third-order valence-electron chi connectivity index (χ3n) is 3.30. The highest BCUT2D eigenvalue weighted by molar-refractivity contribution is 9.10. The zero-order valence-corrected chi connectivity index (χ0v) is 12.8. The normalized spacial score (nSPS) is 15.3. The molecule has 0 spiro atoms. The smallest absolute Gasteiger partial charge is 0.275 e. The molecule has 0 atom stereocenters. The molecule has 0 saturated heterocycles. The SMILES string of the molecule is Cc1ccc(C)c(N=C2C(=O)Nc3ccc(Br)cc32)c1. The molecule has 0 aromatic heterocycles. The summed E-state index contributed by atoms with van der Waals surface area (Å²) in [5, 5.41) is 2.84. The number of anilines is 1. The molecular formula is C16H13BrN2O. The Hall–Kier alpha value is -1.94. The van der Waals surface area contributed by atoms with Gasteiger partial charge in [0.25, 0.3) is 5.91 Å². The van der Waals surface area contributed by atoms with Crippen LogP contribution in [0, 0.1) is 13.8 Å². The van der Waals surface area contributed by atoms with Crippen LogP contribution in [0.2, 0.25) is 0 Å². The predicted octanol–water partition coefficient (Wildman–Crippen LogP) is 4.14. The highest BCUT2D eigenvalue weighted by atomic mass is 79.9. The summed E-state index contributed by atoms with van der Waals surface area (Å²) >= 11 is 3.43. The summed E-state index contributed by atoms with van der Waals surface area (Å²) in [6.45, 7) is 4.01. The number of nitrogens with one attached hydrogen (secondary N) is 1. The van der Waals surface area contributed by atoms with Crippen molar-refractivity contribution in [3.63, 3.8) is 0 Å². The zero-order chi connectivity index (χ0) is 14.3. The van der Waals surface area contributed by atoms with Gasteiger partial charge in [0.2, 0.25) is 0 Å². The van der Waals surface area contributed by atoms with E-state index in [1.54, 1.807) is 0 Å². The van der Waals surface area contributed by atoms with Gasteiger partial charge in [-0.15, -0.1) is 0 Å². The number of amides is 1. The Morgan fingerprint density at radius 2 is 1.90 bits per heavy atom. The fourth-order valence-electron chi connectivity index (χ4n) is 2.20. The van der Waals surface area contributed by atoms with Crippen molar-refractivity contribution in [1.29, 1.82) is 0 Å². The number of rotatable bonds is 1. The molecular weight excluding hydrogens is 316 g/mol. The first-order chi connectivity index (χ1) is 9.54. The maximum Gasteiger partial charge on any atom is 0.275 e. The van der Waals surface area contributed by atoms with E-state index >= 15 is 0 Å². The molecule has 1 aliphatic rings. The van der Waals surface area contributed by atoms with E-state index in [0.717, 1.165) is 32.5 Å². The van der Waals surface area contributed by atoms with Crippen LogP contribution in [0.1, 0.15) is 16.7 Å². The second-order valence-electron chi connectivity index (χ2n) is 4.89. The number of benzene rings is 2. The minimum Gasteiger partial charge on any atom is -0.320 e. The lowest BCUT2D eigenvalue weighted by Crippen LogP contribution is -2.14. The third-order valence-corrected chi connectivity index (χ3v) is 3.79. The average molecular weight is 329 g/mol. The average Bonchev–Trinajstić information content (AvgIpc) is 2.70.